The number of furan rings is 1. The van der Waals surface area contributed by atoms with Gasteiger partial charge in [-0.15, -0.1) is 0 Å². The first-order valence-electron chi connectivity index (χ1n) is 7.15. The third-order valence-electron chi connectivity index (χ3n) is 4.34. The predicted molar refractivity (Wildman–Crippen MR) is 85.0 cm³/mol. The summed E-state index contributed by atoms with van der Waals surface area (Å²) in [5, 5.41) is 13.6. The largest absolute Gasteiger partial charge is 0.475 e. The van der Waals surface area contributed by atoms with Crippen LogP contribution < -0.4 is 5.32 Å². The minimum Gasteiger partial charge on any atom is -0.475 e. The lowest BCUT2D eigenvalue weighted by atomic mass is 9.84. The number of carbonyl (C=O) groups is 1. The van der Waals surface area contributed by atoms with Gasteiger partial charge in [0.1, 0.15) is 5.58 Å². The van der Waals surface area contributed by atoms with Gasteiger partial charge in [-0.05, 0) is 25.2 Å². The molecular formula is C16H19NO3S. The lowest BCUT2D eigenvalue weighted by Gasteiger charge is -2.40. The highest BCUT2D eigenvalue weighted by Gasteiger charge is 2.35. The van der Waals surface area contributed by atoms with E-state index in [1.54, 1.807) is 6.07 Å². The van der Waals surface area contributed by atoms with Gasteiger partial charge >= 0.3 is 5.97 Å². The number of fused-ring (bicyclic) bond motifs is 1. The van der Waals surface area contributed by atoms with Gasteiger partial charge in [-0.25, -0.2) is 4.79 Å². The summed E-state index contributed by atoms with van der Waals surface area (Å²) in [4.78, 5) is 11.3. The van der Waals surface area contributed by atoms with Gasteiger partial charge in [0.2, 0.25) is 5.76 Å². The summed E-state index contributed by atoms with van der Waals surface area (Å²) < 4.78 is 5.80. The molecule has 1 aliphatic rings. The van der Waals surface area contributed by atoms with Crippen molar-refractivity contribution < 1.29 is 14.3 Å². The van der Waals surface area contributed by atoms with E-state index in [4.69, 9.17) is 4.42 Å². The van der Waals surface area contributed by atoms with Crippen molar-refractivity contribution in [3.63, 3.8) is 0 Å². The molecule has 0 bridgehead atoms. The van der Waals surface area contributed by atoms with Crippen molar-refractivity contribution in [2.45, 2.75) is 30.6 Å². The van der Waals surface area contributed by atoms with Crippen LogP contribution in [0.4, 0.5) is 0 Å². The Morgan fingerprint density at radius 2 is 2.19 bits per heavy atom. The Morgan fingerprint density at radius 3 is 2.81 bits per heavy atom. The number of hydrogen-bond donors (Lipinski definition) is 2. The molecule has 4 nitrogen and oxygen atoms in total. The second kappa shape index (κ2) is 5.73. The molecule has 1 aromatic carbocycles. The average Bonchev–Trinajstić information content (AvgIpc) is 2.81. The maximum Gasteiger partial charge on any atom is 0.372 e. The molecule has 21 heavy (non-hydrogen) atoms. The molecule has 1 fully saturated rings. The van der Waals surface area contributed by atoms with Crippen LogP contribution >= 0.6 is 11.8 Å². The highest BCUT2D eigenvalue weighted by atomic mass is 32.2. The fourth-order valence-electron chi connectivity index (χ4n) is 2.89. The van der Waals surface area contributed by atoms with Crippen molar-refractivity contribution in [3.8, 4) is 0 Å². The third-order valence-corrected chi connectivity index (χ3v) is 5.76. The molecule has 0 saturated heterocycles. The molecule has 0 radical (unpaired) electrons. The first-order valence-corrected chi connectivity index (χ1v) is 8.37. The molecule has 0 amide bonds. The Hall–Kier alpha value is -1.46. The molecule has 1 aliphatic carbocycles. The zero-order chi connectivity index (χ0) is 14.9. The Bertz CT molecular complexity index is 655. The fourth-order valence-corrected chi connectivity index (χ4v) is 3.83. The van der Waals surface area contributed by atoms with Crippen LogP contribution in [0.2, 0.25) is 0 Å². The van der Waals surface area contributed by atoms with Crippen LogP contribution in [0.3, 0.4) is 0 Å². The van der Waals surface area contributed by atoms with E-state index in [0.717, 1.165) is 17.5 Å². The number of hydrogen-bond acceptors (Lipinski definition) is 4. The van der Waals surface area contributed by atoms with Gasteiger partial charge in [0, 0.05) is 28.8 Å². The first kappa shape index (κ1) is 14.5. The summed E-state index contributed by atoms with van der Waals surface area (Å²) in [5.74, 6) is -0.957. The lowest BCUT2D eigenvalue weighted by molar-refractivity contribution is 0.0663. The summed E-state index contributed by atoms with van der Waals surface area (Å²) in [6.07, 6.45) is 5.91. The topological polar surface area (TPSA) is 62.5 Å². The summed E-state index contributed by atoms with van der Waals surface area (Å²) in [7, 11) is 0. The summed E-state index contributed by atoms with van der Waals surface area (Å²) in [6, 6.07) is 7.48. The van der Waals surface area contributed by atoms with E-state index >= 15 is 0 Å². The molecule has 0 spiro atoms. The van der Waals surface area contributed by atoms with Gasteiger partial charge in [0.25, 0.3) is 0 Å². The van der Waals surface area contributed by atoms with Crippen LogP contribution in [-0.2, 0) is 6.54 Å². The van der Waals surface area contributed by atoms with Gasteiger partial charge in [-0.2, -0.15) is 11.8 Å². The Kier molecular flexibility index (Phi) is 3.95. The average molecular weight is 305 g/mol. The van der Waals surface area contributed by atoms with Gasteiger partial charge in [0.15, 0.2) is 0 Å². The van der Waals surface area contributed by atoms with Gasteiger partial charge in [-0.3, -0.25) is 0 Å². The number of carboxylic acid groups (broad SMARTS) is 1. The zero-order valence-electron chi connectivity index (χ0n) is 12.0. The van der Waals surface area contributed by atoms with Gasteiger partial charge in [0.05, 0.1) is 0 Å². The summed E-state index contributed by atoms with van der Waals surface area (Å²) >= 11 is 1.91. The highest BCUT2D eigenvalue weighted by Crippen LogP contribution is 2.42. The maximum absolute atomic E-state index is 11.3. The Morgan fingerprint density at radius 1 is 1.43 bits per heavy atom. The minimum absolute atomic E-state index is 0.0514. The number of aromatic carboxylic acids is 1. The van der Waals surface area contributed by atoms with E-state index in [9.17, 15) is 9.90 Å². The maximum atomic E-state index is 11.3. The Balaban J connectivity index is 1.79. The minimum atomic E-state index is -1.01. The van der Waals surface area contributed by atoms with E-state index < -0.39 is 5.97 Å². The monoisotopic (exact) mass is 305 g/mol. The number of para-hydroxylation sites is 1. The fraction of sp³-hybridized carbons (Fsp3) is 0.438. The molecule has 0 aliphatic heterocycles. The van der Waals surface area contributed by atoms with Crippen LogP contribution in [0, 0.1) is 0 Å². The van der Waals surface area contributed by atoms with Crippen molar-refractivity contribution in [2.75, 3.05) is 12.8 Å². The molecule has 0 atom stereocenters. The lowest BCUT2D eigenvalue weighted by Crippen LogP contribution is -2.43. The quantitative estimate of drug-likeness (QED) is 0.855. The number of nitrogens with one attached hydrogen (secondary N) is 1. The van der Waals surface area contributed by atoms with Gasteiger partial charge in [-0.1, -0.05) is 24.6 Å². The molecule has 112 valence electrons. The number of thioether (sulfide) groups is 1. The smallest absolute Gasteiger partial charge is 0.372 e. The van der Waals surface area contributed by atoms with Crippen LogP contribution in [0.1, 0.15) is 35.4 Å². The highest BCUT2D eigenvalue weighted by molar-refractivity contribution is 8.00. The van der Waals surface area contributed by atoms with Crippen LogP contribution in [0.5, 0.6) is 0 Å². The molecular weight excluding hydrogens is 286 g/mol. The van der Waals surface area contributed by atoms with Gasteiger partial charge < -0.3 is 14.8 Å². The van der Waals surface area contributed by atoms with Crippen LogP contribution in [0.25, 0.3) is 11.0 Å². The predicted octanol–water partition coefficient (Wildman–Crippen LogP) is 3.51. The van der Waals surface area contributed by atoms with E-state index in [2.05, 4.69) is 11.6 Å². The number of rotatable bonds is 6. The van der Waals surface area contributed by atoms with Crippen molar-refractivity contribution in [3.05, 3.63) is 35.6 Å². The van der Waals surface area contributed by atoms with Crippen molar-refractivity contribution in [1.29, 1.82) is 0 Å². The van der Waals surface area contributed by atoms with Crippen LogP contribution in [-0.4, -0.2) is 28.6 Å². The van der Waals surface area contributed by atoms with E-state index in [1.165, 1.54) is 19.3 Å². The SMILES string of the molecule is CSC1(CNCc2c(C(=O)O)oc3ccccc23)CCC1. The summed E-state index contributed by atoms with van der Waals surface area (Å²) in [6.45, 7) is 1.44. The molecule has 3 rings (SSSR count). The molecule has 2 aromatic rings. The molecule has 5 heteroatoms. The zero-order valence-corrected chi connectivity index (χ0v) is 12.8. The van der Waals surface area contributed by atoms with E-state index in [1.807, 2.05) is 30.0 Å². The molecule has 1 heterocycles. The normalized spacial score (nSPS) is 16.8. The van der Waals surface area contributed by atoms with Crippen molar-refractivity contribution >= 4 is 28.7 Å². The number of benzene rings is 1. The summed E-state index contributed by atoms with van der Waals surface area (Å²) in [5.41, 5.74) is 1.38. The third kappa shape index (κ3) is 2.68. The second-order valence-corrected chi connectivity index (χ2v) is 6.83. The first-order chi connectivity index (χ1) is 10.2. The van der Waals surface area contributed by atoms with E-state index in [0.29, 0.717) is 16.9 Å². The number of carboxylic acids is 1. The molecule has 1 saturated carbocycles. The second-order valence-electron chi connectivity index (χ2n) is 5.56. The van der Waals surface area contributed by atoms with Crippen LogP contribution in [0.15, 0.2) is 28.7 Å². The standard InChI is InChI=1S/C16H19NO3S/c1-21-16(7-4-8-16)10-17-9-12-11-5-2-3-6-13(11)20-14(12)15(18)19/h2-3,5-6,17H,4,7-10H2,1H3,(H,18,19). The van der Waals surface area contributed by atoms with E-state index in [-0.39, 0.29) is 5.76 Å². The molecule has 0 unspecified atom stereocenters. The van der Waals surface area contributed by atoms with Crippen molar-refractivity contribution in [1.82, 2.24) is 5.32 Å². The molecule has 2 N–H and O–H groups in total. The Labute approximate surface area is 127 Å². The van der Waals surface area contributed by atoms with Crippen molar-refractivity contribution in [2.24, 2.45) is 0 Å². The molecule has 1 aromatic heterocycles.